The summed E-state index contributed by atoms with van der Waals surface area (Å²) in [5.41, 5.74) is 4.80. The summed E-state index contributed by atoms with van der Waals surface area (Å²) < 4.78 is 7.27. The third-order valence-corrected chi connectivity index (χ3v) is 5.71. The number of imidazole rings is 1. The second kappa shape index (κ2) is 9.44. The Morgan fingerprint density at radius 1 is 1.03 bits per heavy atom. The number of aromatic nitrogens is 6. The number of nitrogens with one attached hydrogen (secondary N) is 3. The first-order valence-electron chi connectivity index (χ1n) is 12.1. The van der Waals surface area contributed by atoms with Crippen molar-refractivity contribution >= 4 is 39.6 Å². The molecule has 10 heteroatoms. The van der Waals surface area contributed by atoms with Crippen molar-refractivity contribution in [3.8, 4) is 11.4 Å². The molecular weight excluding hydrogens is 456 g/mol. The summed E-state index contributed by atoms with van der Waals surface area (Å²) in [7, 11) is 0. The van der Waals surface area contributed by atoms with Crippen LogP contribution in [0, 0.1) is 6.92 Å². The lowest BCUT2D eigenvalue weighted by Crippen LogP contribution is -2.33. The predicted octanol–water partition coefficient (Wildman–Crippen LogP) is 4.85. The smallest absolute Gasteiger partial charge is 0.407 e. The minimum atomic E-state index is -0.501. The van der Waals surface area contributed by atoms with Crippen molar-refractivity contribution in [1.29, 1.82) is 0 Å². The summed E-state index contributed by atoms with van der Waals surface area (Å²) in [5.74, 6) is 2.26. The van der Waals surface area contributed by atoms with Gasteiger partial charge in [0.2, 0.25) is 5.65 Å². The molecule has 0 unspecified atom stereocenters. The van der Waals surface area contributed by atoms with Crippen molar-refractivity contribution in [3.63, 3.8) is 0 Å². The summed E-state index contributed by atoms with van der Waals surface area (Å²) in [6.45, 7) is 8.69. The number of carbonyl (C=O) groups excluding carboxylic acids is 1. The zero-order chi connectivity index (χ0) is 25.3. The molecule has 0 saturated heterocycles. The molecule has 1 amide bonds. The number of rotatable bonds is 7. The van der Waals surface area contributed by atoms with Gasteiger partial charge in [-0.05, 0) is 70.9 Å². The molecule has 0 bridgehead atoms. The Morgan fingerprint density at radius 2 is 1.83 bits per heavy atom. The van der Waals surface area contributed by atoms with Gasteiger partial charge in [0.05, 0.1) is 22.1 Å². The van der Waals surface area contributed by atoms with E-state index in [1.807, 2.05) is 74.6 Å². The van der Waals surface area contributed by atoms with Gasteiger partial charge in [0.15, 0.2) is 5.82 Å². The van der Waals surface area contributed by atoms with Crippen LogP contribution in [0.25, 0.3) is 39.1 Å². The fraction of sp³-hybridized carbons (Fsp3) is 0.346. The summed E-state index contributed by atoms with van der Waals surface area (Å²) in [4.78, 5) is 24.8. The zero-order valence-electron chi connectivity index (χ0n) is 20.9. The molecule has 0 aliphatic heterocycles. The first-order chi connectivity index (χ1) is 17.3. The second-order valence-electron chi connectivity index (χ2n) is 9.74. The number of nitrogens with zero attached hydrogens (tertiary/aromatic N) is 5. The summed E-state index contributed by atoms with van der Waals surface area (Å²) in [6.07, 6.45) is 1.25. The van der Waals surface area contributed by atoms with E-state index >= 15 is 0 Å². The quantitative estimate of drug-likeness (QED) is 0.281. The van der Waals surface area contributed by atoms with E-state index in [-0.39, 0.29) is 0 Å². The largest absolute Gasteiger partial charge is 0.444 e. The van der Waals surface area contributed by atoms with E-state index < -0.39 is 11.7 Å². The van der Waals surface area contributed by atoms with Crippen molar-refractivity contribution in [2.75, 3.05) is 18.4 Å². The lowest BCUT2D eigenvalue weighted by Gasteiger charge is -2.19. The molecule has 0 spiro atoms. The maximum Gasteiger partial charge on any atom is 0.407 e. The van der Waals surface area contributed by atoms with Gasteiger partial charge < -0.3 is 20.4 Å². The Hall–Kier alpha value is -4.21. The number of benzene rings is 2. The SMILES string of the molecule is Cc1nnc2c(NCCCCNC(=O)OC(C)(C)C)nc3cc(-c4nc5ccccc5[nH]4)ccc3n12. The van der Waals surface area contributed by atoms with E-state index in [1.54, 1.807) is 0 Å². The Kier molecular flexibility index (Phi) is 6.17. The molecule has 0 atom stereocenters. The highest BCUT2D eigenvalue weighted by Gasteiger charge is 2.16. The monoisotopic (exact) mass is 486 g/mol. The van der Waals surface area contributed by atoms with Gasteiger partial charge in [0, 0.05) is 18.7 Å². The third kappa shape index (κ3) is 4.93. The number of para-hydroxylation sites is 2. The van der Waals surface area contributed by atoms with Crippen LogP contribution in [0.4, 0.5) is 10.6 Å². The molecule has 3 aromatic heterocycles. The number of aryl methyl sites for hydroxylation is 1. The van der Waals surface area contributed by atoms with Crippen LogP contribution in [0.1, 0.15) is 39.4 Å². The van der Waals surface area contributed by atoms with Crippen molar-refractivity contribution in [2.24, 2.45) is 0 Å². The van der Waals surface area contributed by atoms with Gasteiger partial charge in [-0.1, -0.05) is 12.1 Å². The molecule has 0 aliphatic carbocycles. The van der Waals surface area contributed by atoms with Crippen LogP contribution in [0.3, 0.4) is 0 Å². The average molecular weight is 487 g/mol. The normalized spacial score (nSPS) is 11.9. The number of ether oxygens (including phenoxy) is 1. The molecule has 5 rings (SSSR count). The van der Waals surface area contributed by atoms with Crippen molar-refractivity contribution in [1.82, 2.24) is 34.9 Å². The zero-order valence-corrected chi connectivity index (χ0v) is 20.9. The number of aromatic amines is 1. The number of alkyl carbamates (subject to hydrolysis) is 1. The topological polar surface area (TPSA) is 122 Å². The van der Waals surface area contributed by atoms with Gasteiger partial charge in [-0.3, -0.25) is 4.40 Å². The fourth-order valence-electron chi connectivity index (χ4n) is 4.09. The number of hydrogen-bond acceptors (Lipinski definition) is 7. The molecule has 2 aromatic carbocycles. The van der Waals surface area contributed by atoms with E-state index in [1.165, 1.54) is 0 Å². The lowest BCUT2D eigenvalue weighted by atomic mass is 10.2. The number of H-pyrrole nitrogens is 1. The molecule has 186 valence electrons. The first kappa shape index (κ1) is 23.5. The number of amides is 1. The van der Waals surface area contributed by atoms with E-state index in [0.717, 1.165) is 52.1 Å². The average Bonchev–Trinajstić information content (AvgIpc) is 3.44. The molecule has 0 aliphatic rings. The second-order valence-corrected chi connectivity index (χ2v) is 9.74. The van der Waals surface area contributed by atoms with Crippen molar-refractivity contribution in [3.05, 3.63) is 48.3 Å². The van der Waals surface area contributed by atoms with Crippen molar-refractivity contribution in [2.45, 2.75) is 46.1 Å². The van der Waals surface area contributed by atoms with Gasteiger partial charge >= 0.3 is 6.09 Å². The number of hydrogen-bond donors (Lipinski definition) is 3. The maximum atomic E-state index is 11.8. The van der Waals surface area contributed by atoms with Gasteiger partial charge in [-0.15, -0.1) is 10.2 Å². The summed E-state index contributed by atoms with van der Waals surface area (Å²) in [5, 5.41) is 14.8. The number of carbonyl (C=O) groups is 1. The van der Waals surface area contributed by atoms with Gasteiger partial charge in [0.25, 0.3) is 0 Å². The summed E-state index contributed by atoms with van der Waals surface area (Å²) >= 11 is 0. The molecule has 0 fully saturated rings. The Labute approximate surface area is 208 Å². The van der Waals surface area contributed by atoms with E-state index in [9.17, 15) is 4.79 Å². The Balaban J connectivity index is 1.32. The highest BCUT2D eigenvalue weighted by Crippen LogP contribution is 2.27. The Morgan fingerprint density at radius 3 is 2.64 bits per heavy atom. The van der Waals surface area contributed by atoms with Crippen molar-refractivity contribution < 1.29 is 9.53 Å². The highest BCUT2D eigenvalue weighted by atomic mass is 16.6. The predicted molar refractivity (Wildman–Crippen MR) is 140 cm³/mol. The number of fused-ring (bicyclic) bond motifs is 4. The van der Waals surface area contributed by atoms with Crippen LogP contribution in [-0.4, -0.2) is 54.3 Å². The van der Waals surface area contributed by atoms with Crippen LogP contribution in [0.2, 0.25) is 0 Å². The minimum Gasteiger partial charge on any atom is -0.444 e. The minimum absolute atomic E-state index is 0.396. The molecular formula is C26H30N8O2. The Bertz CT molecular complexity index is 1510. The molecule has 10 nitrogen and oxygen atoms in total. The van der Waals surface area contributed by atoms with E-state index in [2.05, 4.69) is 25.8 Å². The fourth-order valence-corrected chi connectivity index (χ4v) is 4.09. The van der Waals surface area contributed by atoms with E-state index in [0.29, 0.717) is 24.6 Å². The van der Waals surface area contributed by atoms with Gasteiger partial charge in [0.1, 0.15) is 17.2 Å². The molecule has 0 radical (unpaired) electrons. The van der Waals surface area contributed by atoms with E-state index in [4.69, 9.17) is 14.7 Å². The lowest BCUT2D eigenvalue weighted by molar-refractivity contribution is 0.0527. The highest BCUT2D eigenvalue weighted by molar-refractivity contribution is 5.87. The molecule has 3 heterocycles. The van der Waals surface area contributed by atoms with Crippen LogP contribution < -0.4 is 10.6 Å². The van der Waals surface area contributed by atoms with Gasteiger partial charge in [-0.25, -0.2) is 14.8 Å². The van der Waals surface area contributed by atoms with Crippen LogP contribution in [0.15, 0.2) is 42.5 Å². The number of anilines is 1. The first-order valence-corrected chi connectivity index (χ1v) is 12.1. The van der Waals surface area contributed by atoms with Crippen LogP contribution >= 0.6 is 0 Å². The molecule has 3 N–H and O–H groups in total. The number of unbranched alkanes of at least 4 members (excludes halogenated alkanes) is 1. The van der Waals surface area contributed by atoms with Crippen LogP contribution in [0.5, 0.6) is 0 Å². The standard InChI is InChI=1S/C26H30N8O2/c1-16-32-33-24-23(27-13-7-8-14-28-25(35)36-26(2,3)4)31-20-15-17(11-12-21(20)34(16)24)22-29-18-9-5-6-10-19(18)30-22/h5-6,9-12,15H,7-8,13-14H2,1-4H3,(H,27,31)(H,28,35)(H,29,30). The summed E-state index contributed by atoms with van der Waals surface area (Å²) in [6, 6.07) is 14.1. The maximum absolute atomic E-state index is 11.8. The molecule has 5 aromatic rings. The van der Waals surface area contributed by atoms with Gasteiger partial charge in [-0.2, -0.15) is 0 Å². The molecule has 36 heavy (non-hydrogen) atoms. The third-order valence-electron chi connectivity index (χ3n) is 5.71. The van der Waals surface area contributed by atoms with Crippen LogP contribution in [-0.2, 0) is 4.74 Å². The molecule has 0 saturated carbocycles.